The standard InChI is InChI=1S/C12H5F6NO2S/c13-5-1-3-7(11(17)9(5)15)19-22(20,21)8-4-2-6(14)10(16)12(8)18/h1-4,19H. The minimum atomic E-state index is -4.90. The van der Waals surface area contributed by atoms with E-state index in [4.69, 9.17) is 0 Å². The highest BCUT2D eigenvalue weighted by Gasteiger charge is 2.26. The van der Waals surface area contributed by atoms with Gasteiger partial charge in [-0.25, -0.2) is 34.8 Å². The molecule has 0 unspecified atom stereocenters. The molecule has 2 aromatic carbocycles. The lowest BCUT2D eigenvalue weighted by Crippen LogP contribution is -2.17. The van der Waals surface area contributed by atoms with E-state index in [-0.39, 0.29) is 0 Å². The maximum Gasteiger partial charge on any atom is 0.265 e. The second kappa shape index (κ2) is 5.52. The monoisotopic (exact) mass is 341 g/mol. The molecule has 0 heterocycles. The zero-order valence-electron chi connectivity index (χ0n) is 10.3. The molecule has 0 amide bonds. The number of hydrogen-bond acceptors (Lipinski definition) is 2. The molecule has 2 aromatic rings. The Morgan fingerprint density at radius 2 is 1.18 bits per heavy atom. The summed E-state index contributed by atoms with van der Waals surface area (Å²) in [4.78, 5) is -1.32. The zero-order valence-corrected chi connectivity index (χ0v) is 11.1. The smallest absolute Gasteiger partial charge is 0.265 e. The molecule has 0 saturated carbocycles. The van der Waals surface area contributed by atoms with Crippen molar-refractivity contribution in [3.05, 3.63) is 59.2 Å². The van der Waals surface area contributed by atoms with Crippen LogP contribution in [0.25, 0.3) is 0 Å². The zero-order chi connectivity index (χ0) is 16.7. The third kappa shape index (κ3) is 2.73. The van der Waals surface area contributed by atoms with Crippen molar-refractivity contribution in [1.29, 1.82) is 0 Å². The van der Waals surface area contributed by atoms with Crippen LogP contribution >= 0.6 is 0 Å². The Bertz CT molecular complexity index is 853. The molecule has 3 nitrogen and oxygen atoms in total. The molecule has 0 spiro atoms. The fraction of sp³-hybridized carbons (Fsp3) is 0. The minimum absolute atomic E-state index is 0.342. The molecule has 10 heteroatoms. The molecule has 0 atom stereocenters. The van der Waals surface area contributed by atoms with E-state index in [9.17, 15) is 34.8 Å². The van der Waals surface area contributed by atoms with E-state index in [2.05, 4.69) is 0 Å². The number of rotatable bonds is 3. The minimum Gasteiger partial charge on any atom is -0.276 e. The van der Waals surface area contributed by atoms with Crippen molar-refractivity contribution in [3.63, 3.8) is 0 Å². The summed E-state index contributed by atoms with van der Waals surface area (Å²) in [5.41, 5.74) is -1.02. The fourth-order valence-electron chi connectivity index (χ4n) is 1.52. The molecule has 1 N–H and O–H groups in total. The van der Waals surface area contributed by atoms with Gasteiger partial charge >= 0.3 is 0 Å². The third-order valence-electron chi connectivity index (χ3n) is 2.57. The van der Waals surface area contributed by atoms with Crippen molar-refractivity contribution >= 4 is 15.7 Å². The van der Waals surface area contributed by atoms with Gasteiger partial charge < -0.3 is 0 Å². The molecular weight excluding hydrogens is 336 g/mol. The summed E-state index contributed by atoms with van der Waals surface area (Å²) in [5.74, 6) is -11.1. The van der Waals surface area contributed by atoms with E-state index in [1.54, 1.807) is 0 Å². The van der Waals surface area contributed by atoms with Crippen LogP contribution in [0.1, 0.15) is 0 Å². The summed E-state index contributed by atoms with van der Waals surface area (Å²) in [6.45, 7) is 0. The number of anilines is 1. The first-order valence-corrected chi connectivity index (χ1v) is 6.93. The van der Waals surface area contributed by atoms with Crippen molar-refractivity contribution < 1.29 is 34.8 Å². The maximum absolute atomic E-state index is 13.4. The predicted molar refractivity (Wildman–Crippen MR) is 63.4 cm³/mol. The lowest BCUT2D eigenvalue weighted by atomic mass is 10.3. The molecule has 0 aromatic heterocycles. The largest absolute Gasteiger partial charge is 0.276 e. The quantitative estimate of drug-likeness (QED) is 0.688. The lowest BCUT2D eigenvalue weighted by molar-refractivity contribution is 0.432. The van der Waals surface area contributed by atoms with Crippen molar-refractivity contribution in [2.45, 2.75) is 4.90 Å². The van der Waals surface area contributed by atoms with Crippen LogP contribution in [0.4, 0.5) is 32.0 Å². The Labute approximate surface area is 120 Å². The summed E-state index contributed by atoms with van der Waals surface area (Å²) in [6.07, 6.45) is 0. The predicted octanol–water partition coefficient (Wildman–Crippen LogP) is 3.32. The molecule has 118 valence electrons. The molecule has 0 aliphatic carbocycles. The number of sulfonamides is 1. The molecule has 0 saturated heterocycles. The maximum atomic E-state index is 13.4. The highest BCUT2D eigenvalue weighted by Crippen LogP contribution is 2.25. The van der Waals surface area contributed by atoms with Crippen LogP contribution < -0.4 is 4.72 Å². The summed E-state index contributed by atoms with van der Waals surface area (Å²) < 4.78 is 103. The number of benzene rings is 2. The number of hydrogen-bond donors (Lipinski definition) is 1. The van der Waals surface area contributed by atoms with E-state index in [0.29, 0.717) is 24.3 Å². The van der Waals surface area contributed by atoms with Crippen LogP contribution in [0.5, 0.6) is 0 Å². The van der Waals surface area contributed by atoms with Crippen molar-refractivity contribution in [2.24, 2.45) is 0 Å². The van der Waals surface area contributed by atoms with Gasteiger partial charge in [0.1, 0.15) is 4.90 Å². The average molecular weight is 341 g/mol. The Balaban J connectivity index is 2.50. The van der Waals surface area contributed by atoms with E-state index < -0.39 is 55.5 Å². The molecule has 2 rings (SSSR count). The molecule has 0 bridgehead atoms. The summed E-state index contributed by atoms with van der Waals surface area (Å²) in [6, 6.07) is 1.71. The van der Waals surface area contributed by atoms with Crippen LogP contribution in [0.2, 0.25) is 0 Å². The van der Waals surface area contributed by atoms with Gasteiger partial charge in [0.05, 0.1) is 5.69 Å². The molecule has 0 fully saturated rings. The highest BCUT2D eigenvalue weighted by molar-refractivity contribution is 7.92. The van der Waals surface area contributed by atoms with Gasteiger partial charge in [-0.05, 0) is 24.3 Å². The summed E-state index contributed by atoms with van der Waals surface area (Å²) in [5, 5.41) is 0. The van der Waals surface area contributed by atoms with Gasteiger partial charge in [-0.2, -0.15) is 0 Å². The van der Waals surface area contributed by atoms with Crippen LogP contribution in [0.3, 0.4) is 0 Å². The van der Waals surface area contributed by atoms with E-state index in [1.165, 1.54) is 4.72 Å². The van der Waals surface area contributed by atoms with Gasteiger partial charge in [-0.1, -0.05) is 0 Å². The van der Waals surface area contributed by atoms with Gasteiger partial charge in [0.25, 0.3) is 10.0 Å². The van der Waals surface area contributed by atoms with Gasteiger partial charge in [-0.3, -0.25) is 4.72 Å². The highest BCUT2D eigenvalue weighted by atomic mass is 32.2. The average Bonchev–Trinajstić information content (AvgIpc) is 2.45. The Kier molecular flexibility index (Phi) is 4.05. The Hall–Kier alpha value is -2.23. The second-order valence-electron chi connectivity index (χ2n) is 4.00. The fourth-order valence-corrected chi connectivity index (χ4v) is 2.65. The van der Waals surface area contributed by atoms with E-state index in [1.807, 2.05) is 0 Å². The SMILES string of the molecule is O=S(=O)(Nc1ccc(F)c(F)c1F)c1ccc(F)c(F)c1F. The van der Waals surface area contributed by atoms with E-state index >= 15 is 0 Å². The van der Waals surface area contributed by atoms with Crippen LogP contribution in [0, 0.1) is 34.9 Å². The van der Waals surface area contributed by atoms with Crippen LogP contribution in [-0.4, -0.2) is 8.42 Å². The molecule has 0 aliphatic heterocycles. The van der Waals surface area contributed by atoms with Gasteiger partial charge in [-0.15, -0.1) is 0 Å². The first-order valence-electron chi connectivity index (χ1n) is 5.45. The second-order valence-corrected chi connectivity index (χ2v) is 5.65. The Morgan fingerprint density at radius 3 is 1.77 bits per heavy atom. The first kappa shape index (κ1) is 16.1. The summed E-state index contributed by atoms with van der Waals surface area (Å²) in [7, 11) is -4.90. The molecular formula is C12H5F6NO2S. The van der Waals surface area contributed by atoms with Crippen molar-refractivity contribution in [3.8, 4) is 0 Å². The normalized spacial score (nSPS) is 11.5. The van der Waals surface area contributed by atoms with Crippen molar-refractivity contribution in [2.75, 3.05) is 4.72 Å². The van der Waals surface area contributed by atoms with E-state index in [0.717, 1.165) is 0 Å². The van der Waals surface area contributed by atoms with Crippen molar-refractivity contribution in [1.82, 2.24) is 0 Å². The summed E-state index contributed by atoms with van der Waals surface area (Å²) >= 11 is 0. The number of nitrogens with one attached hydrogen (secondary N) is 1. The topological polar surface area (TPSA) is 46.2 Å². The molecule has 22 heavy (non-hydrogen) atoms. The molecule has 0 aliphatic rings. The first-order chi connectivity index (χ1) is 10.1. The lowest BCUT2D eigenvalue weighted by Gasteiger charge is -2.10. The van der Waals surface area contributed by atoms with Gasteiger partial charge in [0.2, 0.25) is 0 Å². The van der Waals surface area contributed by atoms with Gasteiger partial charge in [0.15, 0.2) is 34.9 Å². The van der Waals surface area contributed by atoms with Gasteiger partial charge in [0, 0.05) is 0 Å². The van der Waals surface area contributed by atoms with Crippen LogP contribution in [-0.2, 0) is 10.0 Å². The third-order valence-corrected chi connectivity index (χ3v) is 3.95. The Morgan fingerprint density at radius 1 is 0.682 bits per heavy atom. The van der Waals surface area contributed by atoms with Crippen LogP contribution in [0.15, 0.2) is 29.2 Å². The molecule has 0 radical (unpaired) electrons. The number of halogens is 6.